The molecule has 0 aliphatic carbocycles. The number of hydrogen-bond donors (Lipinski definition) is 0. The largest absolute Gasteiger partial charge is 0.340 e. The van der Waals surface area contributed by atoms with Gasteiger partial charge in [0, 0.05) is 28.9 Å². The van der Waals surface area contributed by atoms with Crippen LogP contribution < -0.4 is 0 Å². The van der Waals surface area contributed by atoms with Crippen molar-refractivity contribution in [3.05, 3.63) is 48.5 Å². The smallest absolute Gasteiger partial charge is 0.0571 e. The summed E-state index contributed by atoms with van der Waals surface area (Å²) in [7, 11) is 0. The predicted molar refractivity (Wildman–Crippen MR) is 73.2 cm³/mol. The quantitative estimate of drug-likeness (QED) is 0.619. The number of fused-ring (bicyclic) bond motifs is 3. The standard InChI is InChI=1S/C16H16N/c1-2-3-12-17-15-10-6-4-8-13(15)14-9-5-7-11-16(14)17/h4-10H,2-3,12H2,1H3. The zero-order chi connectivity index (χ0) is 11.7. The minimum atomic E-state index is 1.08. The molecule has 0 unspecified atom stereocenters. The Bertz CT molecular complexity index is 595. The zero-order valence-electron chi connectivity index (χ0n) is 10.1. The first kappa shape index (κ1) is 10.4. The van der Waals surface area contributed by atoms with Crippen LogP contribution in [0.5, 0.6) is 0 Å². The van der Waals surface area contributed by atoms with E-state index in [-0.39, 0.29) is 0 Å². The van der Waals surface area contributed by atoms with E-state index in [2.05, 4.69) is 54.0 Å². The highest BCUT2D eigenvalue weighted by atomic mass is 15.0. The second kappa shape index (κ2) is 4.25. The molecule has 0 saturated carbocycles. The maximum atomic E-state index is 3.38. The molecular formula is C16H16N. The number of hydrogen-bond acceptors (Lipinski definition) is 0. The molecule has 2 aromatic carbocycles. The van der Waals surface area contributed by atoms with Crippen molar-refractivity contribution in [1.82, 2.24) is 4.57 Å². The van der Waals surface area contributed by atoms with E-state index in [0.717, 1.165) is 6.54 Å². The van der Waals surface area contributed by atoms with Gasteiger partial charge < -0.3 is 4.57 Å². The average Bonchev–Trinajstić information content (AvgIpc) is 2.71. The molecule has 3 rings (SSSR count). The Kier molecular flexibility index (Phi) is 2.60. The summed E-state index contributed by atoms with van der Waals surface area (Å²) in [5, 5.41) is 2.66. The monoisotopic (exact) mass is 222 g/mol. The molecule has 0 aliphatic heterocycles. The van der Waals surface area contributed by atoms with Crippen molar-refractivity contribution >= 4 is 21.8 Å². The SMILES string of the molecule is CCCCn1c2[c]cccc2c2ccccc21. The Labute approximate surface area is 102 Å². The molecule has 0 saturated heterocycles. The van der Waals surface area contributed by atoms with Crippen LogP contribution in [-0.4, -0.2) is 4.57 Å². The van der Waals surface area contributed by atoms with Crippen LogP contribution in [0.1, 0.15) is 19.8 Å². The van der Waals surface area contributed by atoms with Gasteiger partial charge in [0.2, 0.25) is 0 Å². The fourth-order valence-corrected chi connectivity index (χ4v) is 2.47. The first-order chi connectivity index (χ1) is 8.42. The van der Waals surface area contributed by atoms with Crippen LogP contribution in [0.4, 0.5) is 0 Å². The highest BCUT2D eigenvalue weighted by Gasteiger charge is 2.08. The van der Waals surface area contributed by atoms with Crippen molar-refractivity contribution in [2.24, 2.45) is 0 Å². The molecule has 0 atom stereocenters. The first-order valence-electron chi connectivity index (χ1n) is 6.29. The van der Waals surface area contributed by atoms with Gasteiger partial charge in [-0.25, -0.2) is 0 Å². The Morgan fingerprint density at radius 2 is 1.88 bits per heavy atom. The van der Waals surface area contributed by atoms with E-state index in [1.807, 2.05) is 6.07 Å². The van der Waals surface area contributed by atoms with E-state index >= 15 is 0 Å². The zero-order valence-corrected chi connectivity index (χ0v) is 10.1. The van der Waals surface area contributed by atoms with E-state index in [1.54, 1.807) is 0 Å². The third-order valence-electron chi connectivity index (χ3n) is 3.32. The van der Waals surface area contributed by atoms with Gasteiger partial charge in [0.15, 0.2) is 0 Å². The summed E-state index contributed by atoms with van der Waals surface area (Å²) in [5.41, 5.74) is 2.57. The molecule has 1 heteroatoms. The Morgan fingerprint density at radius 3 is 2.76 bits per heavy atom. The lowest BCUT2D eigenvalue weighted by Crippen LogP contribution is -1.96. The Balaban J connectivity index is 2.33. The molecule has 3 aromatic rings. The van der Waals surface area contributed by atoms with Crippen LogP contribution in [0, 0.1) is 6.07 Å². The molecule has 17 heavy (non-hydrogen) atoms. The summed E-state index contributed by atoms with van der Waals surface area (Å²) in [4.78, 5) is 0. The molecule has 1 aromatic heterocycles. The number of benzene rings is 2. The van der Waals surface area contributed by atoms with Crippen molar-refractivity contribution < 1.29 is 0 Å². The number of unbranched alkanes of at least 4 members (excludes halogenated alkanes) is 1. The van der Waals surface area contributed by atoms with Crippen LogP contribution in [0.2, 0.25) is 0 Å². The van der Waals surface area contributed by atoms with E-state index in [9.17, 15) is 0 Å². The fraction of sp³-hybridized carbons (Fsp3) is 0.250. The third kappa shape index (κ3) is 1.62. The van der Waals surface area contributed by atoms with Gasteiger partial charge in [-0.15, -0.1) is 0 Å². The summed E-state index contributed by atoms with van der Waals surface area (Å²) in [6.07, 6.45) is 2.44. The molecule has 0 fully saturated rings. The lowest BCUT2D eigenvalue weighted by atomic mass is 10.2. The second-order valence-electron chi connectivity index (χ2n) is 4.45. The van der Waals surface area contributed by atoms with E-state index in [4.69, 9.17) is 0 Å². The first-order valence-corrected chi connectivity index (χ1v) is 6.29. The van der Waals surface area contributed by atoms with Crippen LogP contribution >= 0.6 is 0 Å². The van der Waals surface area contributed by atoms with Gasteiger partial charge in [0.05, 0.1) is 5.52 Å². The summed E-state index contributed by atoms with van der Waals surface area (Å²) >= 11 is 0. The Morgan fingerprint density at radius 1 is 1.06 bits per heavy atom. The van der Waals surface area contributed by atoms with E-state index < -0.39 is 0 Å². The number of aromatic nitrogens is 1. The summed E-state index contributed by atoms with van der Waals surface area (Å²) in [6.45, 7) is 3.32. The van der Waals surface area contributed by atoms with Crippen molar-refractivity contribution in [2.75, 3.05) is 0 Å². The molecule has 0 spiro atoms. The molecule has 0 N–H and O–H groups in total. The summed E-state index contributed by atoms with van der Waals surface area (Å²) in [6, 6.07) is 18.3. The molecule has 0 amide bonds. The topological polar surface area (TPSA) is 4.93 Å². The van der Waals surface area contributed by atoms with E-state index in [0.29, 0.717) is 0 Å². The number of nitrogens with zero attached hydrogens (tertiary/aromatic N) is 1. The molecule has 0 aliphatic rings. The third-order valence-corrected chi connectivity index (χ3v) is 3.32. The van der Waals surface area contributed by atoms with Crippen LogP contribution in [-0.2, 0) is 6.54 Å². The van der Waals surface area contributed by atoms with Crippen molar-refractivity contribution in [3.8, 4) is 0 Å². The van der Waals surface area contributed by atoms with Gasteiger partial charge >= 0.3 is 0 Å². The maximum Gasteiger partial charge on any atom is 0.0571 e. The number of aryl methyl sites for hydroxylation is 1. The molecule has 1 heterocycles. The summed E-state index contributed by atoms with van der Waals surface area (Å²) in [5.74, 6) is 0. The maximum absolute atomic E-state index is 3.38. The highest BCUT2D eigenvalue weighted by Crippen LogP contribution is 2.28. The minimum absolute atomic E-state index is 1.08. The molecule has 0 bridgehead atoms. The molecule has 1 radical (unpaired) electrons. The van der Waals surface area contributed by atoms with Crippen LogP contribution in [0.25, 0.3) is 21.8 Å². The molecular weight excluding hydrogens is 206 g/mol. The average molecular weight is 222 g/mol. The second-order valence-corrected chi connectivity index (χ2v) is 4.45. The normalized spacial score (nSPS) is 11.4. The number of rotatable bonds is 3. The summed E-state index contributed by atoms with van der Waals surface area (Å²) < 4.78 is 2.40. The van der Waals surface area contributed by atoms with Crippen molar-refractivity contribution in [3.63, 3.8) is 0 Å². The van der Waals surface area contributed by atoms with Gasteiger partial charge in [-0.05, 0) is 12.5 Å². The van der Waals surface area contributed by atoms with Gasteiger partial charge in [0.25, 0.3) is 0 Å². The fourth-order valence-electron chi connectivity index (χ4n) is 2.47. The predicted octanol–water partition coefficient (Wildman–Crippen LogP) is 4.39. The van der Waals surface area contributed by atoms with Crippen molar-refractivity contribution in [2.45, 2.75) is 26.3 Å². The Hall–Kier alpha value is -1.76. The minimum Gasteiger partial charge on any atom is -0.340 e. The molecule has 1 nitrogen and oxygen atoms in total. The van der Waals surface area contributed by atoms with Gasteiger partial charge in [-0.1, -0.05) is 49.7 Å². The van der Waals surface area contributed by atoms with Gasteiger partial charge in [-0.3, -0.25) is 0 Å². The van der Waals surface area contributed by atoms with Crippen LogP contribution in [0.15, 0.2) is 42.5 Å². The highest BCUT2D eigenvalue weighted by molar-refractivity contribution is 6.07. The van der Waals surface area contributed by atoms with E-state index in [1.165, 1.54) is 34.6 Å². The lowest BCUT2D eigenvalue weighted by Gasteiger charge is -2.05. The van der Waals surface area contributed by atoms with Crippen molar-refractivity contribution in [1.29, 1.82) is 0 Å². The number of para-hydroxylation sites is 2. The van der Waals surface area contributed by atoms with Gasteiger partial charge in [0.1, 0.15) is 0 Å². The van der Waals surface area contributed by atoms with Gasteiger partial charge in [-0.2, -0.15) is 0 Å². The lowest BCUT2D eigenvalue weighted by molar-refractivity contribution is 0.665. The molecule has 85 valence electrons. The van der Waals surface area contributed by atoms with Crippen LogP contribution in [0.3, 0.4) is 0 Å².